The van der Waals surface area contributed by atoms with Crippen LogP contribution in [-0.4, -0.2) is 11.7 Å². The molecule has 0 radical (unpaired) electrons. The van der Waals surface area contributed by atoms with E-state index in [4.69, 9.17) is 0 Å². The summed E-state index contributed by atoms with van der Waals surface area (Å²) in [4.78, 5) is 13.0. The normalized spacial score (nSPS) is 12.2. The van der Waals surface area contributed by atoms with Crippen LogP contribution in [0.3, 0.4) is 0 Å². The molecule has 2 aromatic rings. The lowest BCUT2D eigenvalue weighted by Gasteiger charge is -2.15. The van der Waals surface area contributed by atoms with Crippen molar-refractivity contribution < 1.29 is 9.18 Å². The first-order valence-corrected chi connectivity index (χ1v) is 9.19. The fourth-order valence-corrected chi connectivity index (χ4v) is 3.17. The van der Waals surface area contributed by atoms with Gasteiger partial charge in [-0.1, -0.05) is 38.1 Å². The van der Waals surface area contributed by atoms with Crippen LogP contribution in [0.4, 0.5) is 4.39 Å². The van der Waals surface area contributed by atoms with Crippen LogP contribution in [0.5, 0.6) is 0 Å². The predicted octanol–water partition coefficient (Wildman–Crippen LogP) is 4.99. The summed E-state index contributed by atoms with van der Waals surface area (Å²) in [5.41, 5.74) is 2.42. The lowest BCUT2D eigenvalue weighted by atomic mass is 10.00. The van der Waals surface area contributed by atoms with E-state index in [1.54, 1.807) is 12.1 Å². The van der Waals surface area contributed by atoms with Crippen molar-refractivity contribution in [1.29, 1.82) is 0 Å². The molecule has 0 heterocycles. The van der Waals surface area contributed by atoms with Crippen molar-refractivity contribution >= 4 is 17.7 Å². The summed E-state index contributed by atoms with van der Waals surface area (Å²) in [7, 11) is 0. The Bertz CT molecular complexity index is 652. The van der Waals surface area contributed by atoms with Crippen molar-refractivity contribution in [3.05, 3.63) is 65.5 Å². The fraction of sp³-hybridized carbons (Fsp3) is 0.350. The second-order valence-electron chi connectivity index (χ2n) is 6.37. The first-order chi connectivity index (χ1) is 11.4. The highest BCUT2D eigenvalue weighted by Crippen LogP contribution is 2.19. The number of carbonyl (C=O) groups excluding carboxylic acids is 1. The Hall–Kier alpha value is -1.81. The zero-order valence-corrected chi connectivity index (χ0v) is 15.2. The van der Waals surface area contributed by atoms with Gasteiger partial charge < -0.3 is 5.32 Å². The van der Waals surface area contributed by atoms with E-state index in [0.717, 1.165) is 16.9 Å². The Kier molecular flexibility index (Phi) is 6.85. The second-order valence-corrected chi connectivity index (χ2v) is 7.42. The molecule has 2 rings (SSSR count). The second kappa shape index (κ2) is 8.88. The Morgan fingerprint density at radius 1 is 1.04 bits per heavy atom. The third kappa shape index (κ3) is 6.00. The Morgan fingerprint density at radius 3 is 2.25 bits per heavy atom. The Balaban J connectivity index is 1.83. The number of rotatable bonds is 7. The minimum absolute atomic E-state index is 0.0249. The van der Waals surface area contributed by atoms with Crippen LogP contribution in [0.2, 0.25) is 0 Å². The van der Waals surface area contributed by atoms with E-state index in [1.165, 1.54) is 29.5 Å². The van der Waals surface area contributed by atoms with Gasteiger partial charge in [-0.3, -0.25) is 4.79 Å². The average molecular weight is 345 g/mol. The van der Waals surface area contributed by atoms with Crippen molar-refractivity contribution in [1.82, 2.24) is 5.32 Å². The molecule has 0 aromatic heterocycles. The van der Waals surface area contributed by atoms with Gasteiger partial charge in [0.1, 0.15) is 5.82 Å². The molecule has 1 amide bonds. The van der Waals surface area contributed by atoms with E-state index >= 15 is 0 Å². The lowest BCUT2D eigenvalue weighted by Crippen LogP contribution is -2.28. The van der Waals surface area contributed by atoms with Gasteiger partial charge in [0.25, 0.3) is 0 Å². The summed E-state index contributed by atoms with van der Waals surface area (Å²) in [6.45, 7) is 6.39. The predicted molar refractivity (Wildman–Crippen MR) is 98.7 cm³/mol. The van der Waals surface area contributed by atoms with Crippen molar-refractivity contribution in [2.45, 2.75) is 38.1 Å². The minimum Gasteiger partial charge on any atom is -0.349 e. The van der Waals surface area contributed by atoms with Crippen LogP contribution in [0, 0.1) is 11.7 Å². The van der Waals surface area contributed by atoms with E-state index in [1.807, 2.05) is 6.92 Å². The first-order valence-electron chi connectivity index (χ1n) is 8.20. The summed E-state index contributed by atoms with van der Waals surface area (Å²) in [6, 6.07) is 14.6. The number of nitrogens with one attached hydrogen (secondary N) is 1. The Labute approximate surface area is 147 Å². The number of hydrogen-bond donors (Lipinski definition) is 1. The van der Waals surface area contributed by atoms with E-state index < -0.39 is 0 Å². The summed E-state index contributed by atoms with van der Waals surface area (Å²) in [5.74, 6) is 0.666. The van der Waals surface area contributed by atoms with Crippen molar-refractivity contribution in [2.24, 2.45) is 5.92 Å². The summed E-state index contributed by atoms with van der Waals surface area (Å²) in [5, 5.41) is 3.00. The van der Waals surface area contributed by atoms with Gasteiger partial charge in [0.15, 0.2) is 0 Å². The topological polar surface area (TPSA) is 29.1 Å². The zero-order chi connectivity index (χ0) is 17.5. The molecule has 1 atom stereocenters. The number of carbonyl (C=O) groups is 1. The molecule has 0 saturated heterocycles. The molecule has 0 aliphatic heterocycles. The molecule has 0 spiro atoms. The van der Waals surface area contributed by atoms with Gasteiger partial charge in [0.2, 0.25) is 5.91 Å². The van der Waals surface area contributed by atoms with E-state index in [-0.39, 0.29) is 17.8 Å². The van der Waals surface area contributed by atoms with Gasteiger partial charge in [0.05, 0.1) is 11.8 Å². The number of amides is 1. The number of halogens is 1. The molecular formula is C20H24FNOS. The molecule has 128 valence electrons. The van der Waals surface area contributed by atoms with Crippen molar-refractivity contribution in [3.8, 4) is 0 Å². The molecule has 0 aliphatic rings. The van der Waals surface area contributed by atoms with Crippen LogP contribution in [0.15, 0.2) is 53.4 Å². The van der Waals surface area contributed by atoms with E-state index in [9.17, 15) is 9.18 Å². The van der Waals surface area contributed by atoms with Gasteiger partial charge in [-0.2, -0.15) is 0 Å². The highest BCUT2D eigenvalue weighted by atomic mass is 32.2. The SMILES string of the molecule is CC(C)Cc1ccc([C@H](C)NC(=O)CSc2ccc(F)cc2)cc1. The zero-order valence-electron chi connectivity index (χ0n) is 14.4. The fourth-order valence-electron chi connectivity index (χ4n) is 2.46. The van der Waals surface area contributed by atoms with E-state index in [2.05, 4.69) is 43.4 Å². The van der Waals surface area contributed by atoms with Crippen molar-refractivity contribution in [3.63, 3.8) is 0 Å². The third-order valence-electron chi connectivity index (χ3n) is 3.68. The van der Waals surface area contributed by atoms with Crippen LogP contribution in [0.1, 0.15) is 37.9 Å². The molecule has 0 saturated carbocycles. The summed E-state index contributed by atoms with van der Waals surface area (Å²) < 4.78 is 12.9. The molecule has 1 N–H and O–H groups in total. The monoisotopic (exact) mass is 345 g/mol. The van der Waals surface area contributed by atoms with Crippen LogP contribution in [-0.2, 0) is 11.2 Å². The molecule has 2 aromatic carbocycles. The Morgan fingerprint density at radius 2 is 1.67 bits per heavy atom. The molecule has 4 heteroatoms. The summed E-state index contributed by atoms with van der Waals surface area (Å²) >= 11 is 1.40. The van der Waals surface area contributed by atoms with Gasteiger partial charge in [-0.15, -0.1) is 11.8 Å². The van der Waals surface area contributed by atoms with Gasteiger partial charge in [0, 0.05) is 4.90 Å². The first kappa shape index (κ1) is 18.5. The maximum Gasteiger partial charge on any atom is 0.230 e. The van der Waals surface area contributed by atoms with E-state index in [0.29, 0.717) is 11.7 Å². The molecule has 0 unspecified atom stereocenters. The number of thioether (sulfide) groups is 1. The number of benzene rings is 2. The largest absolute Gasteiger partial charge is 0.349 e. The standard InChI is InChI=1S/C20H24FNOS/c1-14(2)12-16-4-6-17(7-5-16)15(3)22-20(23)13-24-19-10-8-18(21)9-11-19/h4-11,14-15H,12-13H2,1-3H3,(H,22,23)/t15-/m0/s1. The van der Waals surface area contributed by atoms with Crippen LogP contribution >= 0.6 is 11.8 Å². The molecule has 0 bridgehead atoms. The van der Waals surface area contributed by atoms with Crippen molar-refractivity contribution in [2.75, 3.05) is 5.75 Å². The minimum atomic E-state index is -0.265. The van der Waals surface area contributed by atoms with Gasteiger partial charge in [-0.25, -0.2) is 4.39 Å². The third-order valence-corrected chi connectivity index (χ3v) is 4.70. The molecule has 0 fully saturated rings. The highest BCUT2D eigenvalue weighted by Gasteiger charge is 2.10. The molecule has 0 aliphatic carbocycles. The van der Waals surface area contributed by atoms with Gasteiger partial charge >= 0.3 is 0 Å². The highest BCUT2D eigenvalue weighted by molar-refractivity contribution is 8.00. The number of hydrogen-bond acceptors (Lipinski definition) is 2. The summed E-state index contributed by atoms with van der Waals surface area (Å²) in [6.07, 6.45) is 1.06. The maximum absolute atomic E-state index is 12.9. The molecular weight excluding hydrogens is 321 g/mol. The van der Waals surface area contributed by atoms with Gasteiger partial charge in [-0.05, 0) is 54.7 Å². The molecule has 2 nitrogen and oxygen atoms in total. The average Bonchev–Trinajstić information content (AvgIpc) is 2.54. The quantitative estimate of drug-likeness (QED) is 0.716. The maximum atomic E-state index is 12.9. The lowest BCUT2D eigenvalue weighted by molar-refractivity contribution is -0.119. The van der Waals surface area contributed by atoms with Crippen LogP contribution in [0.25, 0.3) is 0 Å². The smallest absolute Gasteiger partial charge is 0.230 e. The van der Waals surface area contributed by atoms with Crippen LogP contribution < -0.4 is 5.32 Å². The molecule has 24 heavy (non-hydrogen) atoms.